The topological polar surface area (TPSA) is 55.4 Å². The summed E-state index contributed by atoms with van der Waals surface area (Å²) >= 11 is 0. The third kappa shape index (κ3) is 1.45. The molecule has 94 valence electrons. The highest BCUT2D eigenvalue weighted by atomic mass is 16.5. The fraction of sp³-hybridized carbons (Fsp3) is 0.429. The minimum Gasteiger partial charge on any atom is -0.497 e. The third-order valence-electron chi connectivity index (χ3n) is 4.03. The van der Waals surface area contributed by atoms with Crippen molar-refractivity contribution in [2.24, 2.45) is 0 Å². The van der Waals surface area contributed by atoms with Crippen LogP contribution in [0.25, 0.3) is 0 Å². The molecule has 2 aliphatic rings. The summed E-state index contributed by atoms with van der Waals surface area (Å²) in [5, 5.41) is 2.44. The Morgan fingerprint density at radius 1 is 1.33 bits per heavy atom. The van der Waals surface area contributed by atoms with E-state index in [4.69, 9.17) is 4.74 Å². The molecule has 1 aliphatic heterocycles. The molecule has 0 radical (unpaired) electrons. The van der Waals surface area contributed by atoms with Crippen LogP contribution in [0.5, 0.6) is 5.75 Å². The van der Waals surface area contributed by atoms with Crippen LogP contribution in [0.15, 0.2) is 18.2 Å². The van der Waals surface area contributed by atoms with Gasteiger partial charge in [-0.3, -0.25) is 14.9 Å². The summed E-state index contributed by atoms with van der Waals surface area (Å²) in [6, 6.07) is 5.82. The first-order chi connectivity index (χ1) is 8.65. The molecule has 1 atom stereocenters. The van der Waals surface area contributed by atoms with E-state index in [-0.39, 0.29) is 18.2 Å². The Hall–Kier alpha value is -1.84. The van der Waals surface area contributed by atoms with Crippen LogP contribution in [0.4, 0.5) is 0 Å². The molecule has 3 rings (SSSR count). The SMILES string of the molecule is COc1ccc2c(c1)[C@@]1(CCC2)CC(=O)NC1=O. The van der Waals surface area contributed by atoms with Crippen molar-refractivity contribution in [3.8, 4) is 5.75 Å². The molecule has 0 aromatic heterocycles. The maximum Gasteiger partial charge on any atom is 0.237 e. The van der Waals surface area contributed by atoms with E-state index in [9.17, 15) is 9.59 Å². The molecule has 0 bridgehead atoms. The Kier molecular flexibility index (Phi) is 2.40. The summed E-state index contributed by atoms with van der Waals surface area (Å²) in [6.45, 7) is 0. The van der Waals surface area contributed by atoms with E-state index < -0.39 is 5.41 Å². The molecule has 1 saturated heterocycles. The molecule has 0 saturated carbocycles. The number of aryl methyl sites for hydroxylation is 1. The normalized spacial score (nSPS) is 26.1. The van der Waals surface area contributed by atoms with Crippen LogP contribution in [-0.2, 0) is 21.4 Å². The molecule has 4 nitrogen and oxygen atoms in total. The highest BCUT2D eigenvalue weighted by Crippen LogP contribution is 2.43. The fourth-order valence-electron chi connectivity index (χ4n) is 3.13. The average molecular weight is 245 g/mol. The lowest BCUT2D eigenvalue weighted by molar-refractivity contribution is -0.126. The Morgan fingerprint density at radius 2 is 2.17 bits per heavy atom. The Labute approximate surface area is 105 Å². The lowest BCUT2D eigenvalue weighted by Gasteiger charge is -2.32. The molecule has 1 fully saturated rings. The second kappa shape index (κ2) is 3.83. The van der Waals surface area contributed by atoms with Crippen LogP contribution >= 0.6 is 0 Å². The number of carbonyl (C=O) groups is 2. The van der Waals surface area contributed by atoms with Gasteiger partial charge in [-0.15, -0.1) is 0 Å². The van der Waals surface area contributed by atoms with Gasteiger partial charge in [-0.1, -0.05) is 6.07 Å². The summed E-state index contributed by atoms with van der Waals surface area (Å²) in [7, 11) is 1.61. The lowest BCUT2D eigenvalue weighted by Crippen LogP contribution is -2.38. The van der Waals surface area contributed by atoms with Gasteiger partial charge in [0, 0.05) is 6.42 Å². The van der Waals surface area contributed by atoms with Crippen LogP contribution in [0, 0.1) is 0 Å². The van der Waals surface area contributed by atoms with E-state index in [2.05, 4.69) is 5.32 Å². The first-order valence-electron chi connectivity index (χ1n) is 6.17. The van der Waals surface area contributed by atoms with Crippen LogP contribution in [0.3, 0.4) is 0 Å². The second-order valence-electron chi connectivity index (χ2n) is 5.01. The van der Waals surface area contributed by atoms with Crippen molar-refractivity contribution < 1.29 is 14.3 Å². The predicted molar refractivity (Wildman–Crippen MR) is 65.4 cm³/mol. The van der Waals surface area contributed by atoms with E-state index in [1.807, 2.05) is 18.2 Å². The summed E-state index contributed by atoms with van der Waals surface area (Å²) in [5.41, 5.74) is 1.47. The highest BCUT2D eigenvalue weighted by molar-refractivity contribution is 6.09. The van der Waals surface area contributed by atoms with Gasteiger partial charge < -0.3 is 4.74 Å². The number of benzene rings is 1. The molecule has 4 heteroatoms. The lowest BCUT2D eigenvalue weighted by atomic mass is 9.69. The summed E-state index contributed by atoms with van der Waals surface area (Å²) in [5.74, 6) is 0.416. The molecule has 0 unspecified atom stereocenters. The minimum atomic E-state index is -0.654. The Bertz CT molecular complexity index is 538. The van der Waals surface area contributed by atoms with E-state index in [1.165, 1.54) is 0 Å². The molecule has 1 spiro atoms. The van der Waals surface area contributed by atoms with E-state index >= 15 is 0 Å². The van der Waals surface area contributed by atoms with Crippen LogP contribution in [0.2, 0.25) is 0 Å². The van der Waals surface area contributed by atoms with E-state index in [0.29, 0.717) is 0 Å². The number of fused-ring (bicyclic) bond motifs is 2. The number of rotatable bonds is 1. The van der Waals surface area contributed by atoms with Crippen molar-refractivity contribution in [2.75, 3.05) is 7.11 Å². The molecule has 18 heavy (non-hydrogen) atoms. The Morgan fingerprint density at radius 3 is 2.83 bits per heavy atom. The zero-order valence-electron chi connectivity index (χ0n) is 10.3. The summed E-state index contributed by atoms with van der Waals surface area (Å²) < 4.78 is 5.23. The van der Waals surface area contributed by atoms with Gasteiger partial charge in [-0.25, -0.2) is 0 Å². The van der Waals surface area contributed by atoms with E-state index in [1.54, 1.807) is 7.11 Å². The van der Waals surface area contributed by atoms with Gasteiger partial charge in [0.05, 0.1) is 12.5 Å². The number of hydrogen-bond acceptors (Lipinski definition) is 3. The highest BCUT2D eigenvalue weighted by Gasteiger charge is 2.50. The van der Waals surface area contributed by atoms with Crippen molar-refractivity contribution in [1.29, 1.82) is 0 Å². The molecular weight excluding hydrogens is 230 g/mol. The maximum atomic E-state index is 12.2. The van der Waals surface area contributed by atoms with Crippen molar-refractivity contribution in [3.63, 3.8) is 0 Å². The number of hydrogen-bond donors (Lipinski definition) is 1. The van der Waals surface area contributed by atoms with Gasteiger partial charge >= 0.3 is 0 Å². The van der Waals surface area contributed by atoms with Crippen molar-refractivity contribution in [1.82, 2.24) is 5.32 Å². The van der Waals surface area contributed by atoms with Crippen molar-refractivity contribution >= 4 is 11.8 Å². The number of nitrogens with one attached hydrogen (secondary N) is 1. The predicted octanol–water partition coefficient (Wildman–Crippen LogP) is 1.32. The van der Waals surface area contributed by atoms with Gasteiger partial charge in [-0.05, 0) is 42.5 Å². The molecule has 1 aliphatic carbocycles. The zero-order chi connectivity index (χ0) is 12.8. The van der Waals surface area contributed by atoms with Crippen LogP contribution in [-0.4, -0.2) is 18.9 Å². The van der Waals surface area contributed by atoms with Crippen molar-refractivity contribution in [3.05, 3.63) is 29.3 Å². The number of methoxy groups -OCH3 is 1. The molecular formula is C14H15NO3. The monoisotopic (exact) mass is 245 g/mol. The number of ether oxygens (including phenoxy) is 1. The average Bonchev–Trinajstić information content (AvgIpc) is 2.65. The summed E-state index contributed by atoms with van der Waals surface area (Å²) in [6.07, 6.45) is 2.92. The standard InChI is InChI=1S/C14H15NO3/c1-18-10-5-4-9-3-2-6-14(11(9)7-10)8-12(16)15-13(14)17/h4-5,7H,2-3,6,8H2,1H3,(H,15,16,17)/t14-/m1/s1. The van der Waals surface area contributed by atoms with Gasteiger partial charge in [0.15, 0.2) is 0 Å². The molecule has 1 N–H and O–H groups in total. The number of carbonyl (C=O) groups excluding carboxylic acids is 2. The van der Waals surface area contributed by atoms with Crippen molar-refractivity contribution in [2.45, 2.75) is 31.1 Å². The molecule has 2 amide bonds. The second-order valence-corrected chi connectivity index (χ2v) is 5.01. The van der Waals surface area contributed by atoms with Gasteiger partial charge in [0.25, 0.3) is 0 Å². The molecule has 1 aromatic carbocycles. The quantitative estimate of drug-likeness (QED) is 0.759. The fourth-order valence-corrected chi connectivity index (χ4v) is 3.13. The third-order valence-corrected chi connectivity index (χ3v) is 4.03. The minimum absolute atomic E-state index is 0.151. The van der Waals surface area contributed by atoms with Crippen LogP contribution in [0.1, 0.15) is 30.4 Å². The first kappa shape index (κ1) is 11.3. The summed E-state index contributed by atoms with van der Waals surface area (Å²) in [4.78, 5) is 23.7. The van der Waals surface area contributed by atoms with Gasteiger partial charge in [0.1, 0.15) is 5.75 Å². The van der Waals surface area contributed by atoms with Gasteiger partial charge in [0.2, 0.25) is 11.8 Å². The largest absolute Gasteiger partial charge is 0.497 e. The number of amides is 2. The van der Waals surface area contributed by atoms with Gasteiger partial charge in [-0.2, -0.15) is 0 Å². The van der Waals surface area contributed by atoms with Crippen LogP contribution < -0.4 is 10.1 Å². The smallest absolute Gasteiger partial charge is 0.237 e. The zero-order valence-corrected chi connectivity index (χ0v) is 10.3. The van der Waals surface area contributed by atoms with E-state index in [0.717, 1.165) is 36.1 Å². The maximum absolute atomic E-state index is 12.2. The molecule has 1 heterocycles. The molecule has 1 aromatic rings. The first-order valence-corrected chi connectivity index (χ1v) is 6.17. The number of imide groups is 1. The Balaban J connectivity index is 2.16.